The summed E-state index contributed by atoms with van der Waals surface area (Å²) < 4.78 is 2.43. The normalized spacial score (nSPS) is 14.0. The zero-order valence-electron chi connectivity index (χ0n) is 17.5. The van der Waals surface area contributed by atoms with E-state index in [-0.39, 0.29) is 0 Å². The Morgan fingerprint density at radius 1 is 0.636 bits per heavy atom. The molecule has 0 saturated heterocycles. The molecule has 2 nitrogen and oxygen atoms in total. The van der Waals surface area contributed by atoms with Crippen LogP contribution in [0.4, 0.5) is 0 Å². The van der Waals surface area contributed by atoms with E-state index in [0.717, 1.165) is 28.4 Å². The molecule has 0 aliphatic carbocycles. The van der Waals surface area contributed by atoms with E-state index in [1.807, 2.05) is 6.07 Å². The fourth-order valence-electron chi connectivity index (χ4n) is 4.41. The van der Waals surface area contributed by atoms with Gasteiger partial charge in [-0.25, -0.2) is 4.99 Å². The highest BCUT2D eigenvalue weighted by molar-refractivity contribution is 14.1. The van der Waals surface area contributed by atoms with E-state index in [1.165, 1.54) is 34.6 Å². The molecule has 158 valence electrons. The first-order chi connectivity index (χ1) is 16.2. The topological polar surface area (TPSA) is 28.1 Å². The minimum absolute atomic E-state index is 0.988. The number of halogens is 2. The summed E-state index contributed by atoms with van der Waals surface area (Å²) in [7, 11) is 0. The molecular formula is C29H18I2N2. The maximum atomic E-state index is 5.12. The van der Waals surface area contributed by atoms with Crippen molar-refractivity contribution < 1.29 is 0 Å². The van der Waals surface area contributed by atoms with Crippen LogP contribution < -0.4 is 0 Å². The summed E-state index contributed by atoms with van der Waals surface area (Å²) in [6, 6.07) is 34.2. The summed E-state index contributed by atoms with van der Waals surface area (Å²) in [5.41, 5.74) is 8.92. The number of aromatic amines is 1. The van der Waals surface area contributed by atoms with Crippen molar-refractivity contribution in [3.8, 4) is 11.3 Å². The first-order valence-electron chi connectivity index (χ1n) is 10.7. The molecule has 33 heavy (non-hydrogen) atoms. The molecule has 0 radical (unpaired) electrons. The lowest BCUT2D eigenvalue weighted by Crippen LogP contribution is -2.00. The molecule has 4 heteroatoms. The third-order valence-corrected chi connectivity index (χ3v) is 7.28. The Labute approximate surface area is 219 Å². The maximum Gasteiger partial charge on any atom is 0.0789 e. The van der Waals surface area contributed by atoms with Gasteiger partial charge < -0.3 is 4.98 Å². The van der Waals surface area contributed by atoms with Crippen molar-refractivity contribution in [1.29, 1.82) is 0 Å². The smallest absolute Gasteiger partial charge is 0.0789 e. The van der Waals surface area contributed by atoms with Gasteiger partial charge in [0.2, 0.25) is 0 Å². The lowest BCUT2D eigenvalue weighted by molar-refractivity contribution is 1.38. The zero-order valence-corrected chi connectivity index (χ0v) is 21.8. The summed E-state index contributed by atoms with van der Waals surface area (Å²) in [5.74, 6) is 0. The average molecular weight is 648 g/mol. The van der Waals surface area contributed by atoms with Gasteiger partial charge >= 0.3 is 0 Å². The van der Waals surface area contributed by atoms with E-state index in [9.17, 15) is 0 Å². The van der Waals surface area contributed by atoms with Crippen LogP contribution in [0.2, 0.25) is 0 Å². The Bertz CT molecular complexity index is 1560. The molecule has 1 N–H and O–H groups in total. The quantitative estimate of drug-likeness (QED) is 0.191. The summed E-state index contributed by atoms with van der Waals surface area (Å²) in [5, 5.41) is 2.44. The van der Waals surface area contributed by atoms with Crippen LogP contribution >= 0.6 is 45.2 Å². The van der Waals surface area contributed by atoms with Crippen molar-refractivity contribution in [2.75, 3.05) is 0 Å². The van der Waals surface area contributed by atoms with E-state index in [4.69, 9.17) is 4.99 Å². The van der Waals surface area contributed by atoms with Crippen molar-refractivity contribution in [2.24, 2.45) is 4.99 Å². The van der Waals surface area contributed by atoms with Gasteiger partial charge in [0, 0.05) is 40.3 Å². The number of aliphatic imine (C=N–C) groups is 1. The molecule has 0 amide bonds. The molecule has 0 bridgehead atoms. The van der Waals surface area contributed by atoms with Gasteiger partial charge in [-0.1, -0.05) is 72.8 Å². The molecule has 2 heterocycles. The van der Waals surface area contributed by atoms with E-state index < -0.39 is 0 Å². The van der Waals surface area contributed by atoms with Gasteiger partial charge in [0.1, 0.15) is 0 Å². The van der Waals surface area contributed by atoms with E-state index >= 15 is 0 Å². The maximum absolute atomic E-state index is 5.12. The summed E-state index contributed by atoms with van der Waals surface area (Å²) in [4.78, 5) is 8.83. The molecule has 0 fully saturated rings. The molecule has 1 aliphatic heterocycles. The van der Waals surface area contributed by atoms with Crippen LogP contribution in [0, 0.1) is 7.14 Å². The highest BCUT2D eigenvalue weighted by atomic mass is 127. The Morgan fingerprint density at radius 3 is 2.06 bits per heavy atom. The highest BCUT2D eigenvalue weighted by Crippen LogP contribution is 2.37. The number of nitrogens with one attached hydrogen (secondary N) is 1. The number of benzene rings is 4. The minimum Gasteiger partial charge on any atom is -0.354 e. The van der Waals surface area contributed by atoms with Crippen LogP contribution in [-0.4, -0.2) is 10.7 Å². The largest absolute Gasteiger partial charge is 0.354 e. The van der Waals surface area contributed by atoms with Gasteiger partial charge in [0.05, 0.1) is 17.1 Å². The number of aromatic nitrogens is 1. The van der Waals surface area contributed by atoms with Gasteiger partial charge in [0.15, 0.2) is 0 Å². The molecule has 1 aliphatic rings. The number of hydrogen-bond donors (Lipinski definition) is 1. The van der Waals surface area contributed by atoms with Gasteiger partial charge in [-0.15, -0.1) is 0 Å². The van der Waals surface area contributed by atoms with Crippen LogP contribution in [0.3, 0.4) is 0 Å². The Kier molecular flexibility index (Phi) is 5.42. The van der Waals surface area contributed by atoms with E-state index in [1.54, 1.807) is 0 Å². The van der Waals surface area contributed by atoms with Gasteiger partial charge in [-0.3, -0.25) is 0 Å². The molecule has 6 rings (SSSR count). The molecule has 0 unspecified atom stereocenters. The molecular weight excluding hydrogens is 630 g/mol. The lowest BCUT2D eigenvalue weighted by Gasteiger charge is -2.04. The first-order valence-corrected chi connectivity index (χ1v) is 12.9. The average Bonchev–Trinajstić information content (AvgIpc) is 3.38. The van der Waals surface area contributed by atoms with Gasteiger partial charge in [-0.2, -0.15) is 0 Å². The highest BCUT2D eigenvalue weighted by Gasteiger charge is 2.22. The molecule has 0 saturated carbocycles. The van der Waals surface area contributed by atoms with Gasteiger partial charge in [0.25, 0.3) is 0 Å². The van der Waals surface area contributed by atoms with E-state index in [2.05, 4.69) is 147 Å². The Hall–Kier alpha value is -2.71. The Morgan fingerprint density at radius 2 is 1.30 bits per heavy atom. The third-order valence-electron chi connectivity index (χ3n) is 5.94. The predicted molar refractivity (Wildman–Crippen MR) is 156 cm³/mol. The first kappa shape index (κ1) is 20.9. The number of fused-ring (bicyclic) bond motifs is 2. The Balaban J connectivity index is 1.57. The van der Waals surface area contributed by atoms with Crippen LogP contribution in [0.25, 0.3) is 33.8 Å². The van der Waals surface area contributed by atoms with Crippen LogP contribution in [0.15, 0.2) is 102 Å². The van der Waals surface area contributed by atoms with E-state index in [0.29, 0.717) is 0 Å². The van der Waals surface area contributed by atoms with Crippen LogP contribution in [0.1, 0.15) is 22.4 Å². The second-order valence-corrected chi connectivity index (χ2v) is 10.5. The summed E-state index contributed by atoms with van der Waals surface area (Å²) >= 11 is 4.76. The number of nitrogens with zero attached hydrogens (tertiary/aromatic N) is 1. The third kappa shape index (κ3) is 3.85. The monoisotopic (exact) mass is 648 g/mol. The van der Waals surface area contributed by atoms with Crippen molar-refractivity contribution in [3.63, 3.8) is 0 Å². The van der Waals surface area contributed by atoms with Crippen molar-refractivity contribution in [3.05, 3.63) is 127 Å². The van der Waals surface area contributed by atoms with Crippen molar-refractivity contribution in [1.82, 2.24) is 4.98 Å². The second-order valence-electron chi connectivity index (χ2n) is 8.02. The van der Waals surface area contributed by atoms with Crippen molar-refractivity contribution in [2.45, 2.75) is 0 Å². The zero-order chi connectivity index (χ0) is 22.4. The SMILES string of the molecule is Ic1ccc2c(c1)C(c1ccccc1)=N/C2=C\c1[nH]c(-c2ccccc2)c2cc(I)ccc12. The second kappa shape index (κ2) is 8.57. The molecule has 4 aromatic carbocycles. The standard InChI is InChI=1S/C29H18I2N2/c30-20-11-13-22-24(15-20)28(18-7-3-1-4-8-18)32-26(22)17-27-23-14-12-21(31)16-25(23)29(33-27)19-9-5-2-6-10-19/h1-17,32H/b27-17-. The van der Waals surface area contributed by atoms with Gasteiger partial charge in [-0.05, 0) is 81.1 Å². The van der Waals surface area contributed by atoms with Crippen LogP contribution in [0.5, 0.6) is 0 Å². The molecule has 1 aromatic heterocycles. The fourth-order valence-corrected chi connectivity index (χ4v) is 5.40. The summed E-state index contributed by atoms with van der Waals surface area (Å²) in [6.07, 6.45) is 2.20. The molecule has 0 spiro atoms. The minimum atomic E-state index is 0.988. The lowest BCUT2D eigenvalue weighted by atomic mass is 9.99. The summed E-state index contributed by atoms with van der Waals surface area (Å²) in [6.45, 7) is 0. The number of H-pyrrole nitrogens is 1. The molecule has 0 atom stereocenters. The number of hydrogen-bond acceptors (Lipinski definition) is 1. The van der Waals surface area contributed by atoms with Crippen LogP contribution in [-0.2, 0) is 0 Å². The predicted octanol–water partition coefficient (Wildman–Crippen LogP) is 8.39. The fraction of sp³-hybridized carbons (Fsp3) is 0. The number of rotatable bonds is 3. The van der Waals surface area contributed by atoms with Crippen molar-refractivity contribution >= 4 is 73.4 Å². The molecule has 5 aromatic rings.